The van der Waals surface area contributed by atoms with Crippen LogP contribution < -0.4 is 19.9 Å². The first kappa shape index (κ1) is 24.9. The van der Waals surface area contributed by atoms with Gasteiger partial charge in [-0.3, -0.25) is 0 Å². The van der Waals surface area contributed by atoms with Gasteiger partial charge in [-0.1, -0.05) is 109 Å². The minimum atomic E-state index is 0.775. The highest BCUT2D eigenvalue weighted by Gasteiger charge is 2.23. The third-order valence-electron chi connectivity index (χ3n) is 8.01. The molecule has 197 valence electrons. The number of hydrogen-bond acceptors (Lipinski definition) is 2. The number of benzene rings is 5. The number of methoxy groups -OCH3 is 2. The van der Waals surface area contributed by atoms with E-state index in [1.54, 1.807) is 14.2 Å². The lowest BCUT2D eigenvalue weighted by Gasteiger charge is -2.18. The second-order valence-corrected chi connectivity index (χ2v) is 10.3. The molecule has 0 aliphatic heterocycles. The zero-order valence-corrected chi connectivity index (χ0v) is 23.1. The van der Waals surface area contributed by atoms with Gasteiger partial charge in [0, 0.05) is 11.6 Å². The van der Waals surface area contributed by atoms with E-state index in [-0.39, 0.29) is 0 Å². The molecule has 2 aliphatic rings. The lowest BCUT2D eigenvalue weighted by atomic mass is 9.86. The van der Waals surface area contributed by atoms with Gasteiger partial charge in [-0.15, -0.1) is 0 Å². The fourth-order valence-electron chi connectivity index (χ4n) is 6.14. The lowest BCUT2D eigenvalue weighted by molar-refractivity contribution is 0.393. The molecule has 2 aliphatic carbocycles. The summed E-state index contributed by atoms with van der Waals surface area (Å²) < 4.78 is 11.4. The van der Waals surface area contributed by atoms with Gasteiger partial charge in [0.2, 0.25) is 0 Å². The maximum Gasteiger partial charge on any atom is 0.130 e. The van der Waals surface area contributed by atoms with Crippen LogP contribution in [0.5, 0.6) is 11.5 Å². The number of ether oxygens (including phenoxy) is 2. The minimum absolute atomic E-state index is 0.775. The summed E-state index contributed by atoms with van der Waals surface area (Å²) in [5.74, 6) is 1.57. The maximum atomic E-state index is 5.88. The molecule has 5 aromatic carbocycles. The topological polar surface area (TPSA) is 18.5 Å². The number of rotatable bonds is 6. The predicted molar refractivity (Wildman–Crippen MR) is 167 cm³/mol. The summed E-state index contributed by atoms with van der Waals surface area (Å²) in [5.41, 5.74) is 9.44. The first-order valence-corrected chi connectivity index (χ1v) is 13.9. The van der Waals surface area contributed by atoms with Crippen molar-refractivity contribution in [2.75, 3.05) is 14.2 Å². The molecule has 0 amide bonds. The van der Waals surface area contributed by atoms with E-state index in [0.717, 1.165) is 39.8 Å². The Morgan fingerprint density at radius 3 is 2.10 bits per heavy atom. The summed E-state index contributed by atoms with van der Waals surface area (Å²) in [7, 11) is 3.40. The molecule has 0 atom stereocenters. The van der Waals surface area contributed by atoms with Crippen molar-refractivity contribution in [2.45, 2.75) is 6.42 Å². The van der Waals surface area contributed by atoms with Crippen molar-refractivity contribution in [2.24, 2.45) is 0 Å². The summed E-state index contributed by atoms with van der Waals surface area (Å²) in [6, 6.07) is 40.6. The van der Waals surface area contributed by atoms with Crippen LogP contribution >= 0.6 is 0 Å². The SMILES string of the molecule is COc1ccc(C2=C(c3c4c(ccc3=C(c3ccccc3)c3ccccc3)=c3ccccc3=[C]4)CC=C2)c(OC)c1. The fraction of sp³-hybridized carbons (Fsp3) is 0.0769. The molecule has 5 aromatic rings. The molecule has 7 rings (SSSR count). The normalized spacial score (nSPS) is 13.0. The van der Waals surface area contributed by atoms with E-state index in [1.165, 1.54) is 43.5 Å². The summed E-state index contributed by atoms with van der Waals surface area (Å²) in [6.07, 6.45) is 9.12. The second kappa shape index (κ2) is 10.5. The van der Waals surface area contributed by atoms with E-state index in [1.807, 2.05) is 12.1 Å². The van der Waals surface area contributed by atoms with Gasteiger partial charge in [0.1, 0.15) is 11.5 Å². The number of fused-ring (bicyclic) bond motifs is 2. The van der Waals surface area contributed by atoms with Crippen LogP contribution in [0.3, 0.4) is 0 Å². The first-order chi connectivity index (χ1) is 20.3. The molecule has 0 spiro atoms. The van der Waals surface area contributed by atoms with Crippen molar-refractivity contribution in [3.63, 3.8) is 0 Å². The summed E-state index contributed by atoms with van der Waals surface area (Å²) in [6.45, 7) is 0. The Bertz CT molecular complexity index is 2030. The van der Waals surface area contributed by atoms with Gasteiger partial charge in [-0.05, 0) is 84.5 Å². The van der Waals surface area contributed by atoms with Crippen LogP contribution in [0.4, 0.5) is 0 Å². The second-order valence-electron chi connectivity index (χ2n) is 10.3. The van der Waals surface area contributed by atoms with E-state index < -0.39 is 0 Å². The standard InChI is InChI=1S/C39H29O2/c1-40-29-20-21-33(37(25-29)41-2)31-18-11-19-34(31)39-35(23-22-32-30-17-10-9-16-28(30)24-36(32)39)38(26-12-5-3-6-13-26)27-14-7-4-8-15-27/h3-18,20-23,25H,19H2,1-2H3. The third kappa shape index (κ3) is 4.29. The monoisotopic (exact) mass is 529 g/mol. The number of hydrogen-bond donors (Lipinski definition) is 0. The maximum absolute atomic E-state index is 5.88. The predicted octanol–water partition coefficient (Wildman–Crippen LogP) is 7.13. The molecule has 2 nitrogen and oxygen atoms in total. The highest BCUT2D eigenvalue weighted by molar-refractivity contribution is 6.02. The van der Waals surface area contributed by atoms with Crippen LogP contribution in [0.2, 0.25) is 0 Å². The molecule has 0 unspecified atom stereocenters. The third-order valence-corrected chi connectivity index (χ3v) is 8.01. The van der Waals surface area contributed by atoms with Gasteiger partial charge in [0.15, 0.2) is 0 Å². The van der Waals surface area contributed by atoms with Crippen LogP contribution in [0, 0.1) is 10.4 Å². The molecule has 0 N–H and O–H groups in total. The van der Waals surface area contributed by atoms with Crippen molar-refractivity contribution in [3.8, 4) is 11.5 Å². The first-order valence-electron chi connectivity index (χ1n) is 13.9. The van der Waals surface area contributed by atoms with Crippen molar-refractivity contribution < 1.29 is 9.47 Å². The number of allylic oxidation sites excluding steroid dienone is 4. The average Bonchev–Trinajstić information content (AvgIpc) is 3.67. The molecule has 41 heavy (non-hydrogen) atoms. The van der Waals surface area contributed by atoms with E-state index in [4.69, 9.17) is 9.47 Å². The smallest absolute Gasteiger partial charge is 0.130 e. The molecule has 2 heteroatoms. The largest absolute Gasteiger partial charge is 0.497 e. The summed E-state index contributed by atoms with van der Waals surface area (Å²) in [5, 5.41) is 4.79. The Labute approximate surface area is 240 Å². The van der Waals surface area contributed by atoms with Gasteiger partial charge in [-0.25, -0.2) is 0 Å². The van der Waals surface area contributed by atoms with Crippen LogP contribution in [0.25, 0.3) is 22.8 Å². The van der Waals surface area contributed by atoms with E-state index in [2.05, 4.69) is 121 Å². The Kier molecular flexibility index (Phi) is 6.37. The van der Waals surface area contributed by atoms with Crippen LogP contribution in [0.1, 0.15) is 34.2 Å². The van der Waals surface area contributed by atoms with Gasteiger partial charge in [0.25, 0.3) is 0 Å². The van der Waals surface area contributed by atoms with Crippen molar-refractivity contribution in [3.05, 3.63) is 176 Å². The zero-order chi connectivity index (χ0) is 27.8. The Hall–Kier alpha value is -5.08. The quantitative estimate of drug-likeness (QED) is 0.229. The molecule has 0 fully saturated rings. The van der Waals surface area contributed by atoms with Gasteiger partial charge >= 0.3 is 0 Å². The zero-order valence-electron chi connectivity index (χ0n) is 23.1. The Balaban J connectivity index is 1.65. The highest BCUT2D eigenvalue weighted by atomic mass is 16.5. The average molecular weight is 530 g/mol. The molecule has 0 saturated carbocycles. The molecular formula is C39H29O2. The molecule has 0 aromatic heterocycles. The van der Waals surface area contributed by atoms with E-state index in [0.29, 0.717) is 0 Å². The molecular weight excluding hydrogens is 500 g/mol. The Morgan fingerprint density at radius 2 is 1.39 bits per heavy atom. The molecule has 0 heterocycles. The highest BCUT2D eigenvalue weighted by Crippen LogP contribution is 2.41. The fourth-order valence-corrected chi connectivity index (χ4v) is 6.14. The van der Waals surface area contributed by atoms with Gasteiger partial charge in [0.05, 0.1) is 14.2 Å². The lowest BCUT2D eigenvalue weighted by Crippen LogP contribution is -2.17. The molecule has 0 saturated heterocycles. The molecule has 0 bridgehead atoms. The van der Waals surface area contributed by atoms with Crippen molar-refractivity contribution in [1.82, 2.24) is 0 Å². The van der Waals surface area contributed by atoms with E-state index >= 15 is 0 Å². The van der Waals surface area contributed by atoms with Crippen LogP contribution in [-0.4, -0.2) is 14.2 Å². The van der Waals surface area contributed by atoms with Gasteiger partial charge < -0.3 is 9.47 Å². The van der Waals surface area contributed by atoms with Gasteiger partial charge in [-0.2, -0.15) is 0 Å². The summed E-state index contributed by atoms with van der Waals surface area (Å²) >= 11 is 0. The Morgan fingerprint density at radius 1 is 0.683 bits per heavy atom. The van der Waals surface area contributed by atoms with Crippen molar-refractivity contribution >= 4 is 22.8 Å². The summed E-state index contributed by atoms with van der Waals surface area (Å²) in [4.78, 5) is 0. The van der Waals surface area contributed by atoms with Crippen molar-refractivity contribution in [1.29, 1.82) is 0 Å². The van der Waals surface area contributed by atoms with Crippen LogP contribution in [0.15, 0.2) is 127 Å². The van der Waals surface area contributed by atoms with E-state index in [9.17, 15) is 0 Å². The van der Waals surface area contributed by atoms with Crippen LogP contribution in [-0.2, 0) is 0 Å². The molecule has 1 radical (unpaired) electrons. The minimum Gasteiger partial charge on any atom is -0.497 e.